The maximum Gasteiger partial charge on any atom is 0.224 e. The van der Waals surface area contributed by atoms with Crippen molar-refractivity contribution >= 4 is 17.5 Å². The predicted octanol–water partition coefficient (Wildman–Crippen LogP) is 3.93. The van der Waals surface area contributed by atoms with Crippen LogP contribution in [0.15, 0.2) is 24.3 Å². The summed E-state index contributed by atoms with van der Waals surface area (Å²) >= 11 is 0. The first-order valence-corrected chi connectivity index (χ1v) is 8.68. The van der Waals surface area contributed by atoms with Gasteiger partial charge >= 0.3 is 0 Å². The van der Waals surface area contributed by atoms with Gasteiger partial charge in [-0.2, -0.15) is 4.98 Å². The number of aromatic nitrogens is 2. The van der Waals surface area contributed by atoms with Crippen molar-refractivity contribution < 1.29 is 5.11 Å². The lowest BCUT2D eigenvalue weighted by molar-refractivity contribution is 0.311. The second-order valence-corrected chi connectivity index (χ2v) is 6.78. The zero-order valence-electron chi connectivity index (χ0n) is 14.6. The Morgan fingerprint density at radius 3 is 2.62 bits per heavy atom. The van der Waals surface area contributed by atoms with Gasteiger partial charge in [0.2, 0.25) is 5.95 Å². The molecule has 0 spiro atoms. The molecule has 1 aromatic carbocycles. The van der Waals surface area contributed by atoms with Crippen LogP contribution in [0.5, 0.6) is 0 Å². The Labute approximate surface area is 143 Å². The summed E-state index contributed by atoms with van der Waals surface area (Å²) in [5.74, 6) is 2.44. The van der Waals surface area contributed by atoms with E-state index in [1.54, 1.807) is 0 Å². The number of hydrogen-bond donors (Lipinski definition) is 3. The quantitative estimate of drug-likeness (QED) is 0.719. The lowest BCUT2D eigenvalue weighted by Gasteiger charge is -2.14. The van der Waals surface area contributed by atoms with Gasteiger partial charge in [0.15, 0.2) is 0 Å². The average molecular weight is 326 g/mol. The van der Waals surface area contributed by atoms with Gasteiger partial charge < -0.3 is 15.7 Å². The molecule has 1 saturated carbocycles. The van der Waals surface area contributed by atoms with Crippen LogP contribution in [0.4, 0.5) is 17.5 Å². The Bertz CT molecular complexity index is 711. The molecule has 0 saturated heterocycles. The molecule has 24 heavy (non-hydrogen) atoms. The largest absolute Gasteiger partial charge is 0.395 e. The molecule has 1 aliphatic carbocycles. The van der Waals surface area contributed by atoms with Gasteiger partial charge in [-0.1, -0.05) is 19.9 Å². The maximum atomic E-state index is 8.99. The van der Waals surface area contributed by atoms with Crippen molar-refractivity contribution in [2.24, 2.45) is 0 Å². The number of aliphatic hydroxyl groups is 1. The molecular formula is C19H26N4O. The Balaban J connectivity index is 1.83. The molecule has 5 nitrogen and oxygen atoms in total. The first-order valence-electron chi connectivity index (χ1n) is 8.68. The van der Waals surface area contributed by atoms with Crippen molar-refractivity contribution in [2.75, 3.05) is 23.8 Å². The summed E-state index contributed by atoms with van der Waals surface area (Å²) in [5, 5.41) is 15.5. The van der Waals surface area contributed by atoms with Crippen molar-refractivity contribution in [1.82, 2.24) is 9.97 Å². The van der Waals surface area contributed by atoms with Crippen LogP contribution in [0, 0.1) is 6.92 Å². The molecule has 1 fully saturated rings. The molecule has 128 valence electrons. The van der Waals surface area contributed by atoms with E-state index in [4.69, 9.17) is 5.11 Å². The number of aliphatic hydroxyl groups excluding tert-OH is 1. The molecule has 5 heteroatoms. The van der Waals surface area contributed by atoms with Crippen LogP contribution in [0.1, 0.15) is 55.3 Å². The minimum absolute atomic E-state index is 0.0651. The Morgan fingerprint density at radius 1 is 1.21 bits per heavy atom. The van der Waals surface area contributed by atoms with E-state index in [2.05, 4.69) is 59.6 Å². The summed E-state index contributed by atoms with van der Waals surface area (Å²) in [6.45, 7) is 7.08. The highest BCUT2D eigenvalue weighted by Crippen LogP contribution is 2.40. The van der Waals surface area contributed by atoms with Crippen LogP contribution >= 0.6 is 0 Å². The van der Waals surface area contributed by atoms with E-state index in [1.807, 2.05) is 6.07 Å². The predicted molar refractivity (Wildman–Crippen MR) is 98.1 cm³/mol. The molecule has 1 aromatic heterocycles. The van der Waals surface area contributed by atoms with E-state index < -0.39 is 0 Å². The fourth-order valence-electron chi connectivity index (χ4n) is 2.91. The zero-order valence-corrected chi connectivity index (χ0v) is 14.6. The number of rotatable bonds is 7. The number of anilines is 3. The number of aryl methyl sites for hydroxylation is 1. The van der Waals surface area contributed by atoms with Crippen LogP contribution in [0.2, 0.25) is 0 Å². The van der Waals surface area contributed by atoms with Crippen molar-refractivity contribution in [3.8, 4) is 0 Å². The monoisotopic (exact) mass is 326 g/mol. The fourth-order valence-corrected chi connectivity index (χ4v) is 2.91. The van der Waals surface area contributed by atoms with E-state index in [9.17, 15) is 0 Å². The average Bonchev–Trinajstić information content (AvgIpc) is 3.37. The summed E-state index contributed by atoms with van der Waals surface area (Å²) in [4.78, 5) is 9.08. The molecule has 0 aliphatic heterocycles. The Morgan fingerprint density at radius 2 is 2.00 bits per heavy atom. The molecule has 0 atom stereocenters. The second-order valence-electron chi connectivity index (χ2n) is 6.78. The van der Waals surface area contributed by atoms with E-state index in [0.29, 0.717) is 24.3 Å². The molecule has 1 aliphatic rings. The van der Waals surface area contributed by atoms with Crippen molar-refractivity contribution in [3.63, 3.8) is 0 Å². The maximum absolute atomic E-state index is 8.99. The van der Waals surface area contributed by atoms with Gasteiger partial charge in [-0.25, -0.2) is 4.98 Å². The molecular weight excluding hydrogens is 300 g/mol. The molecule has 0 unspecified atom stereocenters. The van der Waals surface area contributed by atoms with Crippen LogP contribution in [-0.2, 0) is 0 Å². The summed E-state index contributed by atoms with van der Waals surface area (Å²) in [6, 6.07) is 8.47. The lowest BCUT2D eigenvalue weighted by Crippen LogP contribution is -2.10. The van der Waals surface area contributed by atoms with Gasteiger partial charge in [0.25, 0.3) is 0 Å². The molecule has 0 radical (unpaired) electrons. The third kappa shape index (κ3) is 4.03. The van der Waals surface area contributed by atoms with Crippen molar-refractivity contribution in [1.29, 1.82) is 0 Å². The highest BCUT2D eigenvalue weighted by Gasteiger charge is 2.26. The lowest BCUT2D eigenvalue weighted by atomic mass is 9.98. The van der Waals surface area contributed by atoms with Gasteiger partial charge in [0.1, 0.15) is 5.82 Å². The van der Waals surface area contributed by atoms with Crippen LogP contribution in [0.3, 0.4) is 0 Å². The zero-order chi connectivity index (χ0) is 17.1. The second kappa shape index (κ2) is 7.18. The molecule has 0 bridgehead atoms. The fraction of sp³-hybridized carbons (Fsp3) is 0.474. The molecule has 2 aromatic rings. The van der Waals surface area contributed by atoms with Crippen LogP contribution < -0.4 is 10.6 Å². The van der Waals surface area contributed by atoms with Gasteiger partial charge in [-0.15, -0.1) is 0 Å². The third-order valence-corrected chi connectivity index (χ3v) is 4.30. The highest BCUT2D eigenvalue weighted by molar-refractivity contribution is 5.60. The standard InChI is InChI=1S/C19H26N4O/c1-12(2)16-7-6-15(10-13(16)3)21-18-11-17(14-4-5-14)22-19(23-18)20-8-9-24/h6-7,10-12,14,24H,4-5,8-9H2,1-3H3,(H2,20,21,22,23). The first kappa shape index (κ1) is 16.7. The highest BCUT2D eigenvalue weighted by atomic mass is 16.3. The summed E-state index contributed by atoms with van der Waals surface area (Å²) in [6.07, 6.45) is 2.39. The summed E-state index contributed by atoms with van der Waals surface area (Å²) in [5.41, 5.74) is 4.76. The molecule has 3 rings (SSSR count). The third-order valence-electron chi connectivity index (χ3n) is 4.30. The summed E-state index contributed by atoms with van der Waals surface area (Å²) < 4.78 is 0. The molecule has 1 heterocycles. The number of nitrogens with one attached hydrogen (secondary N) is 2. The van der Waals surface area contributed by atoms with E-state index in [1.165, 1.54) is 24.0 Å². The number of nitrogens with zero attached hydrogens (tertiary/aromatic N) is 2. The van der Waals surface area contributed by atoms with Gasteiger partial charge in [0.05, 0.1) is 12.3 Å². The first-order chi connectivity index (χ1) is 11.6. The van der Waals surface area contributed by atoms with Crippen LogP contribution in [0.25, 0.3) is 0 Å². The van der Waals surface area contributed by atoms with E-state index in [0.717, 1.165) is 17.2 Å². The molecule has 3 N–H and O–H groups in total. The Kier molecular flexibility index (Phi) is 5.00. The van der Waals surface area contributed by atoms with E-state index in [-0.39, 0.29) is 6.61 Å². The van der Waals surface area contributed by atoms with Crippen molar-refractivity contribution in [2.45, 2.75) is 45.4 Å². The van der Waals surface area contributed by atoms with Gasteiger partial charge in [0, 0.05) is 24.2 Å². The smallest absolute Gasteiger partial charge is 0.224 e. The minimum atomic E-state index is 0.0651. The summed E-state index contributed by atoms with van der Waals surface area (Å²) in [7, 11) is 0. The molecule has 0 amide bonds. The Hall–Kier alpha value is -2.14. The van der Waals surface area contributed by atoms with Crippen LogP contribution in [-0.4, -0.2) is 28.2 Å². The van der Waals surface area contributed by atoms with E-state index >= 15 is 0 Å². The number of benzene rings is 1. The number of hydrogen-bond acceptors (Lipinski definition) is 5. The normalized spacial score (nSPS) is 14.0. The van der Waals surface area contributed by atoms with Gasteiger partial charge in [-0.3, -0.25) is 0 Å². The topological polar surface area (TPSA) is 70.1 Å². The minimum Gasteiger partial charge on any atom is -0.395 e. The van der Waals surface area contributed by atoms with Gasteiger partial charge in [-0.05, 0) is 48.9 Å². The SMILES string of the molecule is Cc1cc(Nc2cc(C3CC3)nc(NCCO)n2)ccc1C(C)C. The van der Waals surface area contributed by atoms with Crippen molar-refractivity contribution in [3.05, 3.63) is 41.1 Å².